The molecule has 0 aliphatic rings. The van der Waals surface area contributed by atoms with E-state index in [1.54, 1.807) is 0 Å². The molecule has 2 aromatic rings. The van der Waals surface area contributed by atoms with E-state index in [1.165, 1.54) is 24.5 Å². The average molecular weight is 253 g/mol. The van der Waals surface area contributed by atoms with E-state index in [2.05, 4.69) is 9.97 Å². The summed E-state index contributed by atoms with van der Waals surface area (Å²) >= 11 is 5.76. The van der Waals surface area contributed by atoms with Gasteiger partial charge in [-0.1, -0.05) is 11.6 Å². The van der Waals surface area contributed by atoms with Crippen molar-refractivity contribution in [3.63, 3.8) is 0 Å². The van der Waals surface area contributed by atoms with Crippen molar-refractivity contribution in [2.45, 2.75) is 0 Å². The number of nitrogens with zero attached hydrogens (tertiary/aromatic N) is 2. The highest BCUT2D eigenvalue weighted by atomic mass is 35.5. The minimum absolute atomic E-state index is 0.0316. The summed E-state index contributed by atoms with van der Waals surface area (Å²) < 4.78 is 18.0. The molecule has 0 amide bonds. The number of benzene rings is 1. The minimum Gasteiger partial charge on any atom is -0.423 e. The first-order valence-corrected chi connectivity index (χ1v) is 4.97. The first kappa shape index (κ1) is 11.5. The third-order valence-corrected chi connectivity index (χ3v) is 2.17. The zero-order valence-electron chi connectivity index (χ0n) is 8.43. The highest BCUT2D eigenvalue weighted by molar-refractivity contribution is 6.32. The molecule has 2 rings (SSSR count). The number of halogens is 2. The third-order valence-electron chi connectivity index (χ3n) is 1.88. The molecule has 0 fully saturated rings. The number of hydrogen-bond acceptors (Lipinski definition) is 4. The molecule has 86 valence electrons. The van der Waals surface area contributed by atoms with Gasteiger partial charge in [-0.25, -0.2) is 14.4 Å². The molecule has 0 radical (unpaired) electrons. The Kier molecular flexibility index (Phi) is 3.30. The van der Waals surface area contributed by atoms with E-state index in [1.807, 2.05) is 0 Å². The van der Waals surface area contributed by atoms with Gasteiger partial charge in [0.1, 0.15) is 11.6 Å². The quantitative estimate of drug-likeness (QED) is 0.788. The number of aldehydes is 1. The molecule has 0 aliphatic carbocycles. The second-order valence-corrected chi connectivity index (χ2v) is 3.50. The number of aromatic nitrogens is 2. The number of ether oxygens (including phenoxy) is 1. The van der Waals surface area contributed by atoms with E-state index in [0.717, 1.165) is 6.07 Å². The largest absolute Gasteiger partial charge is 0.423 e. The Bertz CT molecular complexity index is 546. The lowest BCUT2D eigenvalue weighted by molar-refractivity contribution is 0.112. The van der Waals surface area contributed by atoms with Crippen LogP contribution < -0.4 is 4.74 Å². The molecule has 6 heteroatoms. The summed E-state index contributed by atoms with van der Waals surface area (Å²) in [7, 11) is 0. The molecule has 1 aromatic heterocycles. The fourth-order valence-electron chi connectivity index (χ4n) is 1.10. The molecule has 0 atom stereocenters. The van der Waals surface area contributed by atoms with E-state index >= 15 is 0 Å². The van der Waals surface area contributed by atoms with Gasteiger partial charge in [0.15, 0.2) is 6.29 Å². The molecule has 0 unspecified atom stereocenters. The van der Waals surface area contributed by atoms with Gasteiger partial charge >= 0.3 is 6.01 Å². The zero-order valence-corrected chi connectivity index (χ0v) is 9.19. The third kappa shape index (κ3) is 2.76. The number of carbonyl (C=O) groups excluding carboxylic acids is 1. The molecule has 1 heterocycles. The highest BCUT2D eigenvalue weighted by Gasteiger charge is 2.06. The van der Waals surface area contributed by atoms with Gasteiger partial charge in [0.25, 0.3) is 0 Å². The lowest BCUT2D eigenvalue weighted by atomic mass is 10.3. The van der Waals surface area contributed by atoms with Gasteiger partial charge in [0, 0.05) is 12.4 Å². The van der Waals surface area contributed by atoms with Crippen LogP contribution in [0.1, 0.15) is 10.4 Å². The fourth-order valence-corrected chi connectivity index (χ4v) is 1.30. The smallest absolute Gasteiger partial charge is 0.321 e. The van der Waals surface area contributed by atoms with Crippen molar-refractivity contribution >= 4 is 17.9 Å². The Morgan fingerprint density at radius 3 is 2.59 bits per heavy atom. The number of rotatable bonds is 3. The molecule has 0 aliphatic heterocycles. The SMILES string of the molecule is O=Cc1cnc(Oc2ccc(F)cc2Cl)nc1. The molecule has 17 heavy (non-hydrogen) atoms. The second-order valence-electron chi connectivity index (χ2n) is 3.09. The topological polar surface area (TPSA) is 52.1 Å². The van der Waals surface area contributed by atoms with Crippen molar-refractivity contribution in [1.82, 2.24) is 9.97 Å². The van der Waals surface area contributed by atoms with Crippen LogP contribution in [-0.4, -0.2) is 16.3 Å². The van der Waals surface area contributed by atoms with E-state index < -0.39 is 5.82 Å². The van der Waals surface area contributed by atoms with Crippen molar-refractivity contribution in [2.75, 3.05) is 0 Å². The Morgan fingerprint density at radius 2 is 2.00 bits per heavy atom. The van der Waals surface area contributed by atoms with Crippen LogP contribution in [0, 0.1) is 5.82 Å². The standard InChI is InChI=1S/C11H6ClFN2O2/c12-9-3-8(13)1-2-10(9)17-11-14-4-7(6-16)5-15-11/h1-6H. The van der Waals surface area contributed by atoms with Gasteiger partial charge in [0.2, 0.25) is 0 Å². The molecule has 0 N–H and O–H groups in total. The predicted octanol–water partition coefficient (Wildman–Crippen LogP) is 2.87. The lowest BCUT2D eigenvalue weighted by Crippen LogP contribution is -1.93. The molecule has 0 saturated carbocycles. The van der Waals surface area contributed by atoms with E-state index in [0.29, 0.717) is 11.8 Å². The maximum Gasteiger partial charge on any atom is 0.321 e. The Labute approximate surface area is 101 Å². The fraction of sp³-hybridized carbons (Fsp3) is 0. The van der Waals surface area contributed by atoms with Crippen LogP contribution in [0.4, 0.5) is 4.39 Å². The van der Waals surface area contributed by atoms with Crippen LogP contribution in [0.5, 0.6) is 11.8 Å². The van der Waals surface area contributed by atoms with E-state index in [-0.39, 0.29) is 16.8 Å². The summed E-state index contributed by atoms with van der Waals surface area (Å²) in [6, 6.07) is 3.73. The summed E-state index contributed by atoms with van der Waals surface area (Å²) in [5.41, 5.74) is 0.336. The van der Waals surface area contributed by atoms with Crippen molar-refractivity contribution in [3.05, 3.63) is 47.0 Å². The van der Waals surface area contributed by atoms with Gasteiger partial charge in [-0.15, -0.1) is 0 Å². The average Bonchev–Trinajstić information content (AvgIpc) is 2.34. The monoisotopic (exact) mass is 252 g/mol. The van der Waals surface area contributed by atoms with Crippen LogP contribution in [0.2, 0.25) is 5.02 Å². The Hall–Kier alpha value is -2.01. The summed E-state index contributed by atoms with van der Waals surface area (Å²) in [6.07, 6.45) is 3.24. The van der Waals surface area contributed by atoms with Crippen LogP contribution >= 0.6 is 11.6 Å². The van der Waals surface area contributed by atoms with Gasteiger partial charge < -0.3 is 4.74 Å². The van der Waals surface area contributed by atoms with Crippen molar-refractivity contribution in [3.8, 4) is 11.8 Å². The zero-order chi connectivity index (χ0) is 12.3. The maximum absolute atomic E-state index is 12.8. The highest BCUT2D eigenvalue weighted by Crippen LogP contribution is 2.27. The second kappa shape index (κ2) is 4.88. The maximum atomic E-state index is 12.8. The molecule has 1 aromatic carbocycles. The summed E-state index contributed by atoms with van der Waals surface area (Å²) in [5.74, 6) is -0.216. The summed E-state index contributed by atoms with van der Waals surface area (Å²) in [6.45, 7) is 0. The molecule has 0 bridgehead atoms. The van der Waals surface area contributed by atoms with E-state index in [9.17, 15) is 9.18 Å². The van der Waals surface area contributed by atoms with Gasteiger partial charge in [-0.2, -0.15) is 0 Å². The van der Waals surface area contributed by atoms with Crippen LogP contribution in [0.25, 0.3) is 0 Å². The van der Waals surface area contributed by atoms with Gasteiger partial charge in [-0.3, -0.25) is 4.79 Å². The lowest BCUT2D eigenvalue weighted by Gasteiger charge is -2.05. The van der Waals surface area contributed by atoms with Gasteiger partial charge in [0.05, 0.1) is 10.6 Å². The van der Waals surface area contributed by atoms with Crippen LogP contribution in [-0.2, 0) is 0 Å². The molecule has 4 nitrogen and oxygen atoms in total. The molecular formula is C11H6ClFN2O2. The van der Waals surface area contributed by atoms with Crippen molar-refractivity contribution in [2.24, 2.45) is 0 Å². The first-order chi connectivity index (χ1) is 8.19. The van der Waals surface area contributed by atoms with Crippen LogP contribution in [0.3, 0.4) is 0 Å². The van der Waals surface area contributed by atoms with Crippen molar-refractivity contribution < 1.29 is 13.9 Å². The van der Waals surface area contributed by atoms with Crippen LogP contribution in [0.15, 0.2) is 30.6 Å². The normalized spacial score (nSPS) is 10.0. The van der Waals surface area contributed by atoms with E-state index in [4.69, 9.17) is 16.3 Å². The number of carbonyl (C=O) groups is 1. The summed E-state index contributed by atoms with van der Waals surface area (Å²) in [4.78, 5) is 18.0. The molecule has 0 spiro atoms. The van der Waals surface area contributed by atoms with Gasteiger partial charge in [-0.05, 0) is 18.2 Å². The Balaban J connectivity index is 2.22. The minimum atomic E-state index is -0.459. The Morgan fingerprint density at radius 1 is 1.29 bits per heavy atom. The predicted molar refractivity (Wildman–Crippen MR) is 58.9 cm³/mol. The van der Waals surface area contributed by atoms with Crippen molar-refractivity contribution in [1.29, 1.82) is 0 Å². The first-order valence-electron chi connectivity index (χ1n) is 4.59. The summed E-state index contributed by atoms with van der Waals surface area (Å²) in [5, 5.41) is 0.119. The molecular weight excluding hydrogens is 247 g/mol. The number of hydrogen-bond donors (Lipinski definition) is 0. The molecule has 0 saturated heterocycles.